The zero-order chi connectivity index (χ0) is 21.0. The lowest BCUT2D eigenvalue weighted by molar-refractivity contribution is -0.117. The van der Waals surface area contributed by atoms with E-state index in [-0.39, 0.29) is 23.7 Å². The van der Waals surface area contributed by atoms with Crippen LogP contribution in [0.5, 0.6) is 0 Å². The minimum atomic E-state index is -0.150. The van der Waals surface area contributed by atoms with Gasteiger partial charge in [0, 0.05) is 37.2 Å². The first-order chi connectivity index (χ1) is 13.8. The average Bonchev–Trinajstić information content (AvgIpc) is 2.68. The number of para-hydroxylation sites is 2. The standard InChI is InChI=1S/C24H27N3O2/c1-17(28)27(21-13-6-5-11-19(21)24(2,3)4)16-14-22(29)26-20-12-7-9-18-10-8-15-25-23(18)20/h5-13,15H,14,16H2,1-4H3,(H,26,29). The number of fused-ring (bicyclic) bond motifs is 1. The summed E-state index contributed by atoms with van der Waals surface area (Å²) >= 11 is 0. The van der Waals surface area contributed by atoms with Crippen molar-refractivity contribution in [3.05, 3.63) is 66.4 Å². The summed E-state index contributed by atoms with van der Waals surface area (Å²) in [6.07, 6.45) is 1.90. The minimum absolute atomic E-state index is 0.0821. The summed E-state index contributed by atoms with van der Waals surface area (Å²) in [5.41, 5.74) is 3.25. The van der Waals surface area contributed by atoms with Crippen molar-refractivity contribution in [1.82, 2.24) is 4.98 Å². The molecule has 0 saturated carbocycles. The molecule has 2 aromatic carbocycles. The highest BCUT2D eigenvalue weighted by Gasteiger charge is 2.23. The van der Waals surface area contributed by atoms with E-state index < -0.39 is 0 Å². The Morgan fingerprint density at radius 3 is 2.45 bits per heavy atom. The third-order valence-electron chi connectivity index (χ3n) is 4.85. The SMILES string of the molecule is CC(=O)N(CCC(=O)Nc1cccc2cccnc12)c1ccccc1C(C)(C)C. The van der Waals surface area contributed by atoms with Crippen molar-refractivity contribution in [1.29, 1.82) is 0 Å². The van der Waals surface area contributed by atoms with Gasteiger partial charge >= 0.3 is 0 Å². The Hall–Kier alpha value is -3.21. The normalized spacial score (nSPS) is 11.3. The summed E-state index contributed by atoms with van der Waals surface area (Å²) in [5.74, 6) is -0.232. The van der Waals surface area contributed by atoms with Crippen LogP contribution >= 0.6 is 0 Å². The Morgan fingerprint density at radius 2 is 1.72 bits per heavy atom. The van der Waals surface area contributed by atoms with Gasteiger partial charge in [0.2, 0.25) is 11.8 Å². The molecule has 0 bridgehead atoms. The van der Waals surface area contributed by atoms with Crippen LogP contribution in [-0.2, 0) is 15.0 Å². The molecular formula is C24H27N3O2. The van der Waals surface area contributed by atoms with Gasteiger partial charge < -0.3 is 10.2 Å². The molecule has 3 aromatic rings. The first kappa shape index (κ1) is 20.5. The van der Waals surface area contributed by atoms with Gasteiger partial charge in [-0.15, -0.1) is 0 Å². The Kier molecular flexibility index (Phi) is 5.97. The topological polar surface area (TPSA) is 62.3 Å². The number of hydrogen-bond acceptors (Lipinski definition) is 3. The molecular weight excluding hydrogens is 362 g/mol. The lowest BCUT2D eigenvalue weighted by Gasteiger charge is -2.29. The highest BCUT2D eigenvalue weighted by atomic mass is 16.2. The summed E-state index contributed by atoms with van der Waals surface area (Å²) in [6, 6.07) is 17.4. The van der Waals surface area contributed by atoms with E-state index >= 15 is 0 Å². The van der Waals surface area contributed by atoms with Crippen LogP contribution in [-0.4, -0.2) is 23.3 Å². The first-order valence-corrected chi connectivity index (χ1v) is 9.78. The van der Waals surface area contributed by atoms with Gasteiger partial charge in [-0.25, -0.2) is 0 Å². The molecule has 0 atom stereocenters. The van der Waals surface area contributed by atoms with Gasteiger partial charge in [0.05, 0.1) is 11.2 Å². The molecule has 150 valence electrons. The third kappa shape index (κ3) is 4.80. The highest BCUT2D eigenvalue weighted by Crippen LogP contribution is 2.32. The summed E-state index contributed by atoms with van der Waals surface area (Å²) in [4.78, 5) is 31.0. The predicted octanol–water partition coefficient (Wildman–Crippen LogP) is 4.91. The Bertz CT molecular complexity index is 1030. The summed E-state index contributed by atoms with van der Waals surface area (Å²) in [7, 11) is 0. The number of hydrogen-bond donors (Lipinski definition) is 1. The summed E-state index contributed by atoms with van der Waals surface area (Å²) in [5, 5.41) is 3.90. The molecule has 0 fully saturated rings. The van der Waals surface area contributed by atoms with Gasteiger partial charge in [-0.2, -0.15) is 0 Å². The summed E-state index contributed by atoms with van der Waals surface area (Å²) in [6.45, 7) is 8.19. The van der Waals surface area contributed by atoms with Crippen molar-refractivity contribution in [3.8, 4) is 0 Å². The van der Waals surface area contributed by atoms with Gasteiger partial charge in [0.1, 0.15) is 0 Å². The zero-order valence-corrected chi connectivity index (χ0v) is 17.4. The number of carbonyl (C=O) groups is 2. The number of nitrogens with zero attached hydrogens (tertiary/aromatic N) is 2. The maximum Gasteiger partial charge on any atom is 0.226 e. The van der Waals surface area contributed by atoms with Crippen molar-refractivity contribution >= 4 is 34.1 Å². The third-order valence-corrected chi connectivity index (χ3v) is 4.85. The smallest absolute Gasteiger partial charge is 0.226 e. The van der Waals surface area contributed by atoms with Gasteiger partial charge in [-0.3, -0.25) is 14.6 Å². The van der Waals surface area contributed by atoms with Crippen LogP contribution in [0, 0.1) is 0 Å². The molecule has 0 saturated heterocycles. The number of anilines is 2. The molecule has 3 rings (SSSR count). The van der Waals surface area contributed by atoms with E-state index in [9.17, 15) is 9.59 Å². The second kappa shape index (κ2) is 8.43. The molecule has 5 heteroatoms. The Balaban J connectivity index is 1.76. The van der Waals surface area contributed by atoms with Crippen LogP contribution < -0.4 is 10.2 Å². The van der Waals surface area contributed by atoms with E-state index in [1.165, 1.54) is 6.92 Å². The second-order valence-corrected chi connectivity index (χ2v) is 8.12. The number of benzene rings is 2. The van der Waals surface area contributed by atoms with Crippen LogP contribution in [0.25, 0.3) is 10.9 Å². The van der Waals surface area contributed by atoms with E-state index in [0.29, 0.717) is 12.2 Å². The van der Waals surface area contributed by atoms with Crippen LogP contribution in [0.1, 0.15) is 39.7 Å². The number of nitrogens with one attached hydrogen (secondary N) is 1. The molecule has 1 aromatic heterocycles. The van der Waals surface area contributed by atoms with Crippen molar-refractivity contribution in [2.75, 3.05) is 16.8 Å². The quantitative estimate of drug-likeness (QED) is 0.674. The van der Waals surface area contributed by atoms with E-state index in [2.05, 4.69) is 31.1 Å². The summed E-state index contributed by atoms with van der Waals surface area (Å²) < 4.78 is 0. The van der Waals surface area contributed by atoms with Crippen molar-refractivity contribution in [3.63, 3.8) is 0 Å². The van der Waals surface area contributed by atoms with Gasteiger partial charge in [-0.05, 0) is 29.2 Å². The Morgan fingerprint density at radius 1 is 1.00 bits per heavy atom. The lowest BCUT2D eigenvalue weighted by atomic mass is 9.85. The fourth-order valence-corrected chi connectivity index (χ4v) is 3.42. The van der Waals surface area contributed by atoms with Crippen LogP contribution in [0.4, 0.5) is 11.4 Å². The van der Waals surface area contributed by atoms with Crippen molar-refractivity contribution in [2.24, 2.45) is 0 Å². The first-order valence-electron chi connectivity index (χ1n) is 9.78. The number of carbonyl (C=O) groups excluding carboxylic acids is 2. The molecule has 0 unspecified atom stereocenters. The van der Waals surface area contributed by atoms with E-state index in [4.69, 9.17) is 0 Å². The zero-order valence-electron chi connectivity index (χ0n) is 17.4. The average molecular weight is 389 g/mol. The molecule has 0 spiro atoms. The Labute approximate surface area is 171 Å². The van der Waals surface area contributed by atoms with Crippen molar-refractivity contribution < 1.29 is 9.59 Å². The van der Waals surface area contributed by atoms with Crippen LogP contribution in [0.15, 0.2) is 60.8 Å². The fourth-order valence-electron chi connectivity index (χ4n) is 3.42. The van der Waals surface area contributed by atoms with Gasteiger partial charge in [0.15, 0.2) is 0 Å². The molecule has 29 heavy (non-hydrogen) atoms. The monoisotopic (exact) mass is 389 g/mol. The number of pyridine rings is 1. The number of aromatic nitrogens is 1. The van der Waals surface area contributed by atoms with Crippen molar-refractivity contribution in [2.45, 2.75) is 39.5 Å². The van der Waals surface area contributed by atoms with Gasteiger partial charge in [0.25, 0.3) is 0 Å². The number of rotatable bonds is 5. The van der Waals surface area contributed by atoms with Crippen LogP contribution in [0.3, 0.4) is 0 Å². The minimum Gasteiger partial charge on any atom is -0.324 e. The van der Waals surface area contributed by atoms with Gasteiger partial charge in [-0.1, -0.05) is 57.2 Å². The lowest BCUT2D eigenvalue weighted by Crippen LogP contribution is -2.34. The largest absolute Gasteiger partial charge is 0.324 e. The van der Waals surface area contributed by atoms with E-state index in [1.54, 1.807) is 11.1 Å². The molecule has 0 aliphatic heterocycles. The molecule has 2 amide bonds. The molecule has 0 radical (unpaired) electrons. The maximum absolute atomic E-state index is 12.6. The molecule has 1 heterocycles. The van der Waals surface area contributed by atoms with Crippen LogP contribution in [0.2, 0.25) is 0 Å². The molecule has 5 nitrogen and oxygen atoms in total. The fraction of sp³-hybridized carbons (Fsp3) is 0.292. The second-order valence-electron chi connectivity index (χ2n) is 8.12. The molecule has 1 N–H and O–H groups in total. The number of amides is 2. The maximum atomic E-state index is 12.6. The molecule has 0 aliphatic carbocycles. The highest BCUT2D eigenvalue weighted by molar-refractivity contribution is 6.01. The predicted molar refractivity (Wildman–Crippen MR) is 118 cm³/mol. The van der Waals surface area contributed by atoms with E-state index in [0.717, 1.165) is 22.2 Å². The molecule has 0 aliphatic rings. The van der Waals surface area contributed by atoms with E-state index in [1.807, 2.05) is 54.6 Å².